The Morgan fingerprint density at radius 2 is 1.96 bits per heavy atom. The van der Waals surface area contributed by atoms with Gasteiger partial charge in [0.15, 0.2) is 0 Å². The smallest absolute Gasteiger partial charge is 0.115 e. The van der Waals surface area contributed by atoms with E-state index in [4.69, 9.17) is 5.84 Å². The predicted molar refractivity (Wildman–Crippen MR) is 95.2 cm³/mol. The van der Waals surface area contributed by atoms with E-state index in [9.17, 15) is 0 Å². The second-order valence-electron chi connectivity index (χ2n) is 4.71. The molecule has 23 heavy (non-hydrogen) atoms. The van der Waals surface area contributed by atoms with E-state index in [1.54, 1.807) is 12.4 Å². The Bertz CT molecular complexity index is 728. The van der Waals surface area contributed by atoms with Gasteiger partial charge >= 0.3 is 0 Å². The molecule has 0 aliphatic carbocycles. The van der Waals surface area contributed by atoms with Crippen molar-refractivity contribution < 1.29 is 0 Å². The highest BCUT2D eigenvalue weighted by Gasteiger charge is 2.02. The lowest BCUT2D eigenvalue weighted by Gasteiger charge is -2.04. The highest BCUT2D eigenvalue weighted by molar-refractivity contribution is 6.38. The lowest BCUT2D eigenvalue weighted by Crippen LogP contribution is -2.06. The third kappa shape index (κ3) is 4.44. The minimum atomic E-state index is 0.457. The number of hydrogen-bond acceptors (Lipinski definition) is 5. The van der Waals surface area contributed by atoms with Crippen molar-refractivity contribution in [3.05, 3.63) is 78.4 Å². The minimum absolute atomic E-state index is 0.457. The topological polar surface area (TPSA) is 76.5 Å². The molecule has 1 heterocycles. The van der Waals surface area contributed by atoms with Crippen molar-refractivity contribution in [3.63, 3.8) is 0 Å². The van der Waals surface area contributed by atoms with E-state index in [-0.39, 0.29) is 0 Å². The summed E-state index contributed by atoms with van der Waals surface area (Å²) >= 11 is 0. The molecule has 0 atom stereocenters. The summed E-state index contributed by atoms with van der Waals surface area (Å²) in [5.74, 6) is 5.48. The number of rotatable bonds is 6. The lowest BCUT2D eigenvalue weighted by molar-refractivity contribution is 0.969. The van der Waals surface area contributed by atoms with E-state index in [1.807, 2.05) is 49.4 Å². The maximum atomic E-state index is 5.48. The van der Waals surface area contributed by atoms with Crippen LogP contribution >= 0.6 is 0 Å². The zero-order valence-electron chi connectivity index (χ0n) is 13.1. The van der Waals surface area contributed by atoms with E-state index in [1.165, 1.54) is 6.33 Å². The number of allylic oxidation sites excluding steroid dienone is 3. The van der Waals surface area contributed by atoms with Crippen LogP contribution in [0.5, 0.6) is 0 Å². The van der Waals surface area contributed by atoms with Crippen LogP contribution in [-0.2, 0) is 6.54 Å². The number of hydrazone groups is 1. The Morgan fingerprint density at radius 1 is 1.22 bits per heavy atom. The molecule has 1 aromatic carbocycles. The Morgan fingerprint density at radius 3 is 2.52 bits per heavy atom. The predicted octanol–water partition coefficient (Wildman–Crippen LogP) is 3.00. The second-order valence-corrected chi connectivity index (χ2v) is 4.71. The zero-order valence-corrected chi connectivity index (χ0v) is 13.1. The molecule has 0 fully saturated rings. The fourth-order valence-corrected chi connectivity index (χ4v) is 2.06. The quantitative estimate of drug-likeness (QED) is 0.386. The fraction of sp³-hybridized carbons (Fsp3) is 0.111. The van der Waals surface area contributed by atoms with E-state index < -0.39 is 0 Å². The van der Waals surface area contributed by atoms with Crippen molar-refractivity contribution in [2.75, 3.05) is 0 Å². The van der Waals surface area contributed by atoms with Crippen LogP contribution in [0.1, 0.15) is 23.7 Å². The first-order chi connectivity index (χ1) is 11.3. The number of aliphatic imine (C=N–C) groups is 1. The maximum absolute atomic E-state index is 5.48. The molecule has 1 aromatic heterocycles. The van der Waals surface area contributed by atoms with Gasteiger partial charge in [0.25, 0.3) is 0 Å². The molecule has 5 nitrogen and oxygen atoms in total. The van der Waals surface area contributed by atoms with Gasteiger partial charge in [-0.15, -0.1) is 0 Å². The number of nitrogens with two attached hydrogens (primary N) is 1. The van der Waals surface area contributed by atoms with Gasteiger partial charge in [-0.2, -0.15) is 5.10 Å². The summed E-state index contributed by atoms with van der Waals surface area (Å²) in [7, 11) is 0. The Kier molecular flexibility index (Phi) is 5.94. The van der Waals surface area contributed by atoms with Gasteiger partial charge in [0.1, 0.15) is 12.0 Å². The van der Waals surface area contributed by atoms with Gasteiger partial charge in [0.2, 0.25) is 0 Å². The highest BCUT2D eigenvalue weighted by Crippen LogP contribution is 2.16. The summed E-state index contributed by atoms with van der Waals surface area (Å²) in [5.41, 5.74) is 4.54. The first-order valence-electron chi connectivity index (χ1n) is 7.20. The first kappa shape index (κ1) is 16.3. The summed E-state index contributed by atoms with van der Waals surface area (Å²) in [4.78, 5) is 12.3. The molecule has 0 spiro atoms. The van der Waals surface area contributed by atoms with Crippen molar-refractivity contribution in [3.8, 4) is 0 Å². The minimum Gasteiger partial charge on any atom is -0.323 e. The Balaban J connectivity index is 2.11. The van der Waals surface area contributed by atoms with Crippen molar-refractivity contribution in [1.82, 2.24) is 9.97 Å². The third-order valence-corrected chi connectivity index (χ3v) is 3.29. The molecule has 2 rings (SSSR count). The van der Waals surface area contributed by atoms with Crippen LogP contribution in [0.4, 0.5) is 0 Å². The third-order valence-electron chi connectivity index (χ3n) is 3.29. The first-order valence-corrected chi connectivity index (χ1v) is 7.20. The molecule has 116 valence electrons. The van der Waals surface area contributed by atoms with Crippen molar-refractivity contribution in [2.24, 2.45) is 15.9 Å². The molecular weight excluding hydrogens is 286 g/mol. The summed E-state index contributed by atoms with van der Waals surface area (Å²) in [6.45, 7) is 6.25. The number of aromatic nitrogens is 2. The average Bonchev–Trinajstić information content (AvgIpc) is 2.61. The number of hydrogen-bond donors (Lipinski definition) is 1. The largest absolute Gasteiger partial charge is 0.323 e. The molecule has 0 unspecified atom stereocenters. The zero-order chi connectivity index (χ0) is 16.5. The van der Waals surface area contributed by atoms with E-state index >= 15 is 0 Å². The van der Waals surface area contributed by atoms with Gasteiger partial charge in [-0.3, -0.25) is 4.99 Å². The van der Waals surface area contributed by atoms with Crippen molar-refractivity contribution in [2.45, 2.75) is 13.5 Å². The molecule has 0 amide bonds. The van der Waals surface area contributed by atoms with Crippen LogP contribution in [-0.4, -0.2) is 21.9 Å². The molecule has 0 bridgehead atoms. The monoisotopic (exact) mass is 305 g/mol. The van der Waals surface area contributed by atoms with Gasteiger partial charge in [-0.1, -0.05) is 43.0 Å². The molecule has 0 saturated carbocycles. The molecule has 2 N–H and O–H groups in total. The lowest BCUT2D eigenvalue weighted by atomic mass is 10.0. The molecule has 0 saturated heterocycles. The second kappa shape index (κ2) is 8.38. The standard InChI is InChI=1S/C18H19N5/c1-3-14(4-2)15-5-7-16(8-6-15)18(23-19)12-21-11-17-9-10-20-13-22-17/h3-10,12-13H,1,11,19H2,2H3/b14-4+,21-12?,23-18+. The van der Waals surface area contributed by atoms with E-state index in [2.05, 4.69) is 26.6 Å². The summed E-state index contributed by atoms with van der Waals surface area (Å²) in [6, 6.07) is 9.76. The van der Waals surface area contributed by atoms with Crippen LogP contribution in [0.15, 0.2) is 71.7 Å². The van der Waals surface area contributed by atoms with Gasteiger partial charge in [0, 0.05) is 18.0 Å². The average molecular weight is 305 g/mol. The summed E-state index contributed by atoms with van der Waals surface area (Å²) in [6.07, 6.45) is 8.69. The molecule has 5 heteroatoms. The molecule has 0 aliphatic rings. The van der Waals surface area contributed by atoms with Crippen molar-refractivity contribution in [1.29, 1.82) is 0 Å². The normalized spacial score (nSPS) is 12.6. The van der Waals surface area contributed by atoms with E-state index in [0.717, 1.165) is 22.4 Å². The van der Waals surface area contributed by atoms with Gasteiger partial charge in [-0.05, 0) is 24.1 Å². The molecule has 2 aromatic rings. The fourth-order valence-electron chi connectivity index (χ4n) is 2.06. The van der Waals surface area contributed by atoms with Crippen LogP contribution in [0.25, 0.3) is 5.57 Å². The van der Waals surface area contributed by atoms with Crippen LogP contribution in [0.2, 0.25) is 0 Å². The van der Waals surface area contributed by atoms with E-state index in [0.29, 0.717) is 12.3 Å². The van der Waals surface area contributed by atoms with Crippen molar-refractivity contribution >= 4 is 17.5 Å². The Hall–Kier alpha value is -3.08. The maximum Gasteiger partial charge on any atom is 0.115 e. The molecule has 0 aliphatic heterocycles. The molecular formula is C18H19N5. The SMILES string of the molecule is C=C/C(=C\C)c1ccc(/C(C=NCc2ccncn2)=N/N)cc1. The van der Waals surface area contributed by atoms with Crippen LogP contribution in [0.3, 0.4) is 0 Å². The van der Waals surface area contributed by atoms with Gasteiger partial charge in [0.05, 0.1) is 12.2 Å². The van der Waals surface area contributed by atoms with Gasteiger partial charge < -0.3 is 5.84 Å². The Labute approximate surface area is 136 Å². The summed E-state index contributed by atoms with van der Waals surface area (Å²) < 4.78 is 0. The number of nitrogens with zero attached hydrogens (tertiary/aromatic N) is 4. The van der Waals surface area contributed by atoms with Crippen LogP contribution < -0.4 is 5.84 Å². The van der Waals surface area contributed by atoms with Gasteiger partial charge in [-0.25, -0.2) is 9.97 Å². The number of benzene rings is 1. The highest BCUT2D eigenvalue weighted by atomic mass is 15.1. The van der Waals surface area contributed by atoms with Crippen LogP contribution in [0, 0.1) is 0 Å². The molecule has 0 radical (unpaired) electrons. The summed E-state index contributed by atoms with van der Waals surface area (Å²) in [5, 5.41) is 3.80.